The summed E-state index contributed by atoms with van der Waals surface area (Å²) in [5.41, 5.74) is 1.63. The van der Waals surface area contributed by atoms with Gasteiger partial charge in [-0.3, -0.25) is 9.59 Å². The Morgan fingerprint density at radius 3 is 2.86 bits per heavy atom. The van der Waals surface area contributed by atoms with Crippen molar-refractivity contribution in [2.75, 3.05) is 18.1 Å². The Hall–Kier alpha value is -2.76. The summed E-state index contributed by atoms with van der Waals surface area (Å²) in [6.07, 6.45) is 1.10. The molecule has 0 unspecified atom stereocenters. The number of anilines is 1. The third-order valence-electron chi connectivity index (χ3n) is 3.55. The summed E-state index contributed by atoms with van der Waals surface area (Å²) in [6.45, 7) is 2.54. The van der Waals surface area contributed by atoms with Gasteiger partial charge in [-0.15, -0.1) is 0 Å². The van der Waals surface area contributed by atoms with E-state index in [1.807, 2.05) is 12.1 Å². The highest BCUT2D eigenvalue weighted by atomic mass is 16.5. The topological polar surface area (TPSA) is 80.0 Å². The van der Waals surface area contributed by atoms with Crippen LogP contribution >= 0.6 is 0 Å². The number of fused-ring (bicyclic) bond motifs is 1. The minimum atomic E-state index is -1.04. The van der Waals surface area contributed by atoms with E-state index >= 15 is 0 Å². The summed E-state index contributed by atoms with van der Waals surface area (Å²) in [7, 11) is 0. The number of aliphatic carboxylic acids is 1. The van der Waals surface area contributed by atoms with Crippen molar-refractivity contribution >= 4 is 17.6 Å². The molecule has 0 aliphatic carbocycles. The third kappa shape index (κ3) is 2.43. The number of hydrogen-bond acceptors (Lipinski definition) is 4. The second-order valence-corrected chi connectivity index (χ2v) is 5.06. The van der Waals surface area contributed by atoms with Gasteiger partial charge < -0.3 is 19.2 Å². The smallest absolute Gasteiger partial charge is 0.311 e. The Morgan fingerprint density at radius 1 is 1.32 bits per heavy atom. The average molecular weight is 301 g/mol. The molecule has 114 valence electrons. The van der Waals surface area contributed by atoms with Crippen molar-refractivity contribution in [3.8, 4) is 5.75 Å². The van der Waals surface area contributed by atoms with Crippen molar-refractivity contribution in [2.45, 2.75) is 13.3 Å². The molecule has 1 aromatic heterocycles. The zero-order chi connectivity index (χ0) is 15.7. The second-order valence-electron chi connectivity index (χ2n) is 5.06. The fourth-order valence-electron chi connectivity index (χ4n) is 2.57. The third-order valence-corrected chi connectivity index (χ3v) is 3.55. The Labute approximate surface area is 126 Å². The molecule has 1 aliphatic rings. The average Bonchev–Trinajstić information content (AvgIpc) is 2.86. The standard InChI is InChI=1S/C16H15NO5/c1-10-9-22-13(8-14(18)19)15(10)16(20)17-6-7-21-12-5-3-2-4-11(12)17/h2-5,9H,6-8H2,1H3,(H,18,19). The van der Waals surface area contributed by atoms with E-state index in [4.69, 9.17) is 14.3 Å². The molecule has 2 aromatic rings. The van der Waals surface area contributed by atoms with Gasteiger partial charge in [0.25, 0.3) is 5.91 Å². The maximum Gasteiger partial charge on any atom is 0.311 e. The van der Waals surface area contributed by atoms with Crippen LogP contribution in [0, 0.1) is 6.92 Å². The molecule has 0 fully saturated rings. The van der Waals surface area contributed by atoms with Crippen molar-refractivity contribution in [1.29, 1.82) is 0 Å². The number of carboxylic acid groups (broad SMARTS) is 1. The minimum Gasteiger partial charge on any atom is -0.490 e. The van der Waals surface area contributed by atoms with Gasteiger partial charge in [-0.1, -0.05) is 12.1 Å². The summed E-state index contributed by atoms with van der Waals surface area (Å²) in [5, 5.41) is 8.95. The van der Waals surface area contributed by atoms with Crippen molar-refractivity contribution in [3.05, 3.63) is 47.4 Å². The van der Waals surface area contributed by atoms with Gasteiger partial charge in [0.1, 0.15) is 24.5 Å². The van der Waals surface area contributed by atoms with Gasteiger partial charge in [-0.2, -0.15) is 0 Å². The van der Waals surface area contributed by atoms with Gasteiger partial charge in [0.15, 0.2) is 0 Å². The molecule has 0 spiro atoms. The summed E-state index contributed by atoms with van der Waals surface area (Å²) in [5.74, 6) is -0.481. The number of para-hydroxylation sites is 2. The van der Waals surface area contributed by atoms with E-state index in [0.717, 1.165) is 0 Å². The molecule has 1 amide bonds. The number of benzene rings is 1. The number of carboxylic acids is 1. The number of nitrogens with zero attached hydrogens (tertiary/aromatic N) is 1. The molecule has 22 heavy (non-hydrogen) atoms. The molecule has 1 aliphatic heterocycles. The monoisotopic (exact) mass is 301 g/mol. The van der Waals surface area contributed by atoms with Crippen LogP contribution in [0.5, 0.6) is 5.75 Å². The lowest BCUT2D eigenvalue weighted by molar-refractivity contribution is -0.136. The van der Waals surface area contributed by atoms with Crippen LogP contribution in [0.2, 0.25) is 0 Å². The number of rotatable bonds is 3. The maximum absolute atomic E-state index is 12.9. The number of aryl methyl sites for hydroxylation is 1. The number of carbonyl (C=O) groups excluding carboxylic acids is 1. The molecule has 0 bridgehead atoms. The van der Waals surface area contributed by atoms with Gasteiger partial charge in [0.2, 0.25) is 0 Å². The summed E-state index contributed by atoms with van der Waals surface area (Å²) >= 11 is 0. The zero-order valence-corrected chi connectivity index (χ0v) is 12.0. The van der Waals surface area contributed by atoms with Crippen LogP contribution in [0.15, 0.2) is 34.9 Å². The van der Waals surface area contributed by atoms with Crippen LogP contribution in [-0.2, 0) is 11.2 Å². The van der Waals surface area contributed by atoms with E-state index in [-0.39, 0.29) is 18.1 Å². The number of carbonyl (C=O) groups is 2. The predicted molar refractivity (Wildman–Crippen MR) is 78.4 cm³/mol. The Kier molecular flexibility index (Phi) is 3.58. The van der Waals surface area contributed by atoms with Gasteiger partial charge in [-0.25, -0.2) is 0 Å². The highest BCUT2D eigenvalue weighted by molar-refractivity contribution is 6.09. The van der Waals surface area contributed by atoms with Crippen molar-refractivity contribution in [2.24, 2.45) is 0 Å². The van der Waals surface area contributed by atoms with Crippen molar-refractivity contribution in [3.63, 3.8) is 0 Å². The number of hydrogen-bond donors (Lipinski definition) is 1. The quantitative estimate of drug-likeness (QED) is 0.940. The number of furan rings is 1. The molecule has 6 heteroatoms. The zero-order valence-electron chi connectivity index (χ0n) is 12.0. The normalized spacial score (nSPS) is 13.4. The lowest BCUT2D eigenvalue weighted by atomic mass is 10.1. The molecule has 0 saturated carbocycles. The lowest BCUT2D eigenvalue weighted by Gasteiger charge is -2.29. The molecule has 2 heterocycles. The SMILES string of the molecule is Cc1coc(CC(=O)O)c1C(=O)N1CCOc2ccccc21. The maximum atomic E-state index is 12.9. The van der Waals surface area contributed by atoms with Crippen LogP contribution in [0.4, 0.5) is 5.69 Å². The van der Waals surface area contributed by atoms with Crippen molar-refractivity contribution < 1.29 is 23.8 Å². The first-order valence-corrected chi connectivity index (χ1v) is 6.90. The molecule has 6 nitrogen and oxygen atoms in total. The molecule has 0 radical (unpaired) electrons. The molecular formula is C16H15NO5. The molecule has 0 atom stereocenters. The van der Waals surface area contributed by atoms with Crippen LogP contribution < -0.4 is 9.64 Å². The highest BCUT2D eigenvalue weighted by Gasteiger charge is 2.29. The van der Waals surface area contributed by atoms with E-state index in [9.17, 15) is 9.59 Å². The number of amides is 1. The fourth-order valence-corrected chi connectivity index (χ4v) is 2.57. The van der Waals surface area contributed by atoms with E-state index in [0.29, 0.717) is 35.7 Å². The minimum absolute atomic E-state index is 0.180. The van der Waals surface area contributed by atoms with Crippen LogP contribution in [0.25, 0.3) is 0 Å². The van der Waals surface area contributed by atoms with Gasteiger partial charge in [0, 0.05) is 5.56 Å². The Balaban J connectivity index is 1.99. The van der Waals surface area contributed by atoms with Gasteiger partial charge >= 0.3 is 5.97 Å². The Morgan fingerprint density at radius 2 is 2.09 bits per heavy atom. The van der Waals surface area contributed by atoms with Crippen LogP contribution in [0.1, 0.15) is 21.7 Å². The van der Waals surface area contributed by atoms with Crippen molar-refractivity contribution in [1.82, 2.24) is 0 Å². The summed E-state index contributed by atoms with van der Waals surface area (Å²) in [6, 6.07) is 7.27. The van der Waals surface area contributed by atoms with E-state index in [1.165, 1.54) is 6.26 Å². The van der Waals surface area contributed by atoms with E-state index in [1.54, 1.807) is 24.0 Å². The van der Waals surface area contributed by atoms with Crippen LogP contribution in [-0.4, -0.2) is 30.1 Å². The van der Waals surface area contributed by atoms with E-state index in [2.05, 4.69) is 0 Å². The largest absolute Gasteiger partial charge is 0.490 e. The van der Waals surface area contributed by atoms with Crippen LogP contribution in [0.3, 0.4) is 0 Å². The fraction of sp³-hybridized carbons (Fsp3) is 0.250. The Bertz CT molecular complexity index is 734. The first kappa shape index (κ1) is 14.2. The second kappa shape index (κ2) is 5.55. The molecule has 1 N–H and O–H groups in total. The van der Waals surface area contributed by atoms with E-state index < -0.39 is 5.97 Å². The molecule has 1 aromatic carbocycles. The summed E-state index contributed by atoms with van der Waals surface area (Å²) in [4.78, 5) is 25.4. The van der Waals surface area contributed by atoms with Gasteiger partial charge in [0.05, 0.1) is 24.1 Å². The summed E-state index contributed by atoms with van der Waals surface area (Å²) < 4.78 is 10.8. The highest BCUT2D eigenvalue weighted by Crippen LogP contribution is 2.33. The molecule has 3 rings (SSSR count). The predicted octanol–water partition coefficient (Wildman–Crippen LogP) is 2.25. The lowest BCUT2D eigenvalue weighted by Crippen LogP contribution is -2.38. The first-order valence-electron chi connectivity index (χ1n) is 6.90. The first-order chi connectivity index (χ1) is 10.6. The molecular weight excluding hydrogens is 286 g/mol. The van der Waals surface area contributed by atoms with Gasteiger partial charge in [-0.05, 0) is 19.1 Å². The molecule has 0 saturated heterocycles. The number of ether oxygens (including phenoxy) is 1.